The lowest BCUT2D eigenvalue weighted by Gasteiger charge is -2.32. The molecule has 0 saturated carbocycles. The highest BCUT2D eigenvalue weighted by Gasteiger charge is 2.51. The number of carbonyl (C=O) groups excluding carboxylic acids is 1. The summed E-state index contributed by atoms with van der Waals surface area (Å²) in [6.07, 6.45) is 3.32. The summed E-state index contributed by atoms with van der Waals surface area (Å²) in [5, 5.41) is 0. The number of rotatable bonds is 3. The van der Waals surface area contributed by atoms with Crippen LogP contribution in [0.5, 0.6) is 0 Å². The summed E-state index contributed by atoms with van der Waals surface area (Å²) >= 11 is 0. The fourth-order valence-corrected chi connectivity index (χ4v) is 4.07. The first-order chi connectivity index (χ1) is 14.9. The Morgan fingerprint density at radius 1 is 1.22 bits per heavy atom. The highest BCUT2D eigenvalue weighted by atomic mass is 16.7. The van der Waals surface area contributed by atoms with Gasteiger partial charge in [-0.25, -0.2) is 9.78 Å². The van der Waals surface area contributed by atoms with E-state index in [1.54, 1.807) is 4.90 Å². The number of aromatic amines is 1. The number of carbonyl (C=O) groups is 1. The van der Waals surface area contributed by atoms with E-state index in [2.05, 4.69) is 43.7 Å². The van der Waals surface area contributed by atoms with Crippen molar-refractivity contribution in [3.05, 3.63) is 36.3 Å². The maximum atomic E-state index is 12.7. The van der Waals surface area contributed by atoms with E-state index in [1.807, 2.05) is 45.2 Å². The molecule has 1 unspecified atom stereocenters. The summed E-state index contributed by atoms with van der Waals surface area (Å²) in [5.41, 5.74) is 1.57. The Kier molecular flexibility index (Phi) is 5.66. The molecule has 2 fully saturated rings. The third-order valence-corrected chi connectivity index (χ3v) is 6.51. The maximum absolute atomic E-state index is 12.7. The van der Waals surface area contributed by atoms with E-state index in [0.717, 1.165) is 35.4 Å². The molecular weight excluding hydrogens is 405 g/mol. The van der Waals surface area contributed by atoms with Crippen molar-refractivity contribution in [2.75, 3.05) is 6.54 Å². The fraction of sp³-hybridized carbons (Fsp3) is 0.583. The number of hydrogen-bond donors (Lipinski definition) is 1. The quantitative estimate of drug-likeness (QED) is 0.716. The van der Waals surface area contributed by atoms with Crippen LogP contribution in [0.15, 0.2) is 30.5 Å². The van der Waals surface area contributed by atoms with Gasteiger partial charge in [0.1, 0.15) is 11.4 Å². The zero-order valence-corrected chi connectivity index (χ0v) is 20.2. The average molecular weight is 439 g/mol. The Labute approximate surface area is 191 Å². The van der Waals surface area contributed by atoms with Crippen molar-refractivity contribution in [1.29, 1.82) is 0 Å². The molecule has 1 N–H and O–H groups in total. The standard InChI is InChI=1S/C24H34BN3O4/c1-22(2,3)30-21(29)28-13-9-12-19(28)20-26-15-18(27-20)16-10-8-11-17(14-16)25-31-23(4,5)24(6,7)32-25/h8,10-11,14-15,19H,9,12-13H2,1-7H3,(H,26,27). The molecule has 0 bridgehead atoms. The van der Waals surface area contributed by atoms with Crippen molar-refractivity contribution in [2.45, 2.75) is 84.2 Å². The molecule has 2 saturated heterocycles. The largest absolute Gasteiger partial charge is 0.494 e. The molecule has 1 aromatic carbocycles. The SMILES string of the molecule is CC(C)(C)OC(=O)N1CCCC1c1ncc(-c2cccc(B3OC(C)(C)C(C)(C)O3)c2)[nH]1. The number of aromatic nitrogens is 2. The molecular formula is C24H34BN3O4. The van der Waals surface area contributed by atoms with Crippen LogP contribution in [0.1, 0.15) is 73.2 Å². The van der Waals surface area contributed by atoms with Crippen LogP contribution in [0.4, 0.5) is 4.79 Å². The number of amides is 1. The maximum Gasteiger partial charge on any atom is 0.494 e. The highest BCUT2D eigenvalue weighted by Crippen LogP contribution is 2.37. The molecule has 0 aliphatic carbocycles. The van der Waals surface area contributed by atoms with Gasteiger partial charge in [-0.05, 0) is 72.3 Å². The van der Waals surface area contributed by atoms with E-state index >= 15 is 0 Å². The normalized spacial score (nSPS) is 22.4. The summed E-state index contributed by atoms with van der Waals surface area (Å²) in [6.45, 7) is 14.5. The van der Waals surface area contributed by atoms with Crippen LogP contribution in [0.2, 0.25) is 0 Å². The fourth-order valence-electron chi connectivity index (χ4n) is 4.07. The molecule has 0 spiro atoms. The molecule has 2 aromatic rings. The molecule has 172 valence electrons. The number of ether oxygens (including phenoxy) is 1. The molecule has 8 heteroatoms. The zero-order chi connectivity index (χ0) is 23.3. The summed E-state index contributed by atoms with van der Waals surface area (Å²) < 4.78 is 18.0. The minimum absolute atomic E-state index is 0.107. The van der Waals surface area contributed by atoms with Crippen LogP contribution in [-0.4, -0.2) is 51.4 Å². The van der Waals surface area contributed by atoms with Crippen molar-refractivity contribution in [3.63, 3.8) is 0 Å². The average Bonchev–Trinajstić information content (AvgIpc) is 3.38. The van der Waals surface area contributed by atoms with Crippen molar-refractivity contribution >= 4 is 18.7 Å². The predicted molar refractivity (Wildman–Crippen MR) is 125 cm³/mol. The van der Waals surface area contributed by atoms with Gasteiger partial charge in [0.15, 0.2) is 0 Å². The number of H-pyrrole nitrogens is 1. The summed E-state index contributed by atoms with van der Waals surface area (Å²) in [6, 6.07) is 8.01. The number of nitrogens with zero attached hydrogens (tertiary/aromatic N) is 2. The van der Waals surface area contributed by atoms with Crippen LogP contribution >= 0.6 is 0 Å². The van der Waals surface area contributed by atoms with Gasteiger partial charge in [-0.1, -0.05) is 24.3 Å². The van der Waals surface area contributed by atoms with Crippen molar-refractivity contribution in [3.8, 4) is 11.3 Å². The lowest BCUT2D eigenvalue weighted by atomic mass is 9.78. The van der Waals surface area contributed by atoms with E-state index in [0.29, 0.717) is 6.54 Å². The topological polar surface area (TPSA) is 76.7 Å². The number of benzene rings is 1. The van der Waals surface area contributed by atoms with E-state index < -0.39 is 12.7 Å². The summed E-state index contributed by atoms with van der Waals surface area (Å²) in [4.78, 5) is 22.5. The van der Waals surface area contributed by atoms with Gasteiger partial charge in [-0.3, -0.25) is 4.90 Å². The van der Waals surface area contributed by atoms with Gasteiger partial charge in [0.2, 0.25) is 0 Å². The molecule has 4 rings (SSSR count). The second-order valence-electron chi connectivity index (χ2n) is 10.7. The second-order valence-corrected chi connectivity index (χ2v) is 10.7. The van der Waals surface area contributed by atoms with Gasteiger partial charge in [0.25, 0.3) is 0 Å². The van der Waals surface area contributed by atoms with Crippen LogP contribution in [0.25, 0.3) is 11.3 Å². The van der Waals surface area contributed by atoms with Gasteiger partial charge in [-0.2, -0.15) is 0 Å². The van der Waals surface area contributed by atoms with Gasteiger partial charge in [0.05, 0.1) is 29.1 Å². The van der Waals surface area contributed by atoms with Gasteiger partial charge in [0, 0.05) is 6.54 Å². The first-order valence-electron chi connectivity index (χ1n) is 11.4. The molecule has 7 nitrogen and oxygen atoms in total. The van der Waals surface area contributed by atoms with E-state index in [9.17, 15) is 4.79 Å². The Morgan fingerprint density at radius 3 is 2.56 bits per heavy atom. The lowest BCUT2D eigenvalue weighted by Crippen LogP contribution is -2.41. The Hall–Kier alpha value is -2.32. The number of likely N-dealkylation sites (tertiary alicyclic amines) is 1. The third-order valence-electron chi connectivity index (χ3n) is 6.51. The zero-order valence-electron chi connectivity index (χ0n) is 20.2. The second kappa shape index (κ2) is 7.92. The molecule has 2 aliphatic rings. The minimum atomic E-state index is -0.521. The van der Waals surface area contributed by atoms with Crippen molar-refractivity contribution in [2.24, 2.45) is 0 Å². The molecule has 0 radical (unpaired) electrons. The lowest BCUT2D eigenvalue weighted by molar-refractivity contribution is 0.00578. The molecule has 32 heavy (non-hydrogen) atoms. The summed E-state index contributed by atoms with van der Waals surface area (Å²) in [5.74, 6) is 0.782. The number of hydrogen-bond acceptors (Lipinski definition) is 5. The molecule has 1 atom stereocenters. The van der Waals surface area contributed by atoms with Crippen LogP contribution < -0.4 is 5.46 Å². The smallest absolute Gasteiger partial charge is 0.444 e. The van der Waals surface area contributed by atoms with Gasteiger partial charge in [-0.15, -0.1) is 0 Å². The minimum Gasteiger partial charge on any atom is -0.444 e. The molecule has 2 aliphatic heterocycles. The van der Waals surface area contributed by atoms with E-state index in [-0.39, 0.29) is 23.3 Å². The number of nitrogens with one attached hydrogen (secondary N) is 1. The first kappa shape index (κ1) is 22.9. The van der Waals surface area contributed by atoms with Gasteiger partial charge < -0.3 is 19.0 Å². The van der Waals surface area contributed by atoms with Gasteiger partial charge >= 0.3 is 13.2 Å². The molecule has 3 heterocycles. The molecule has 1 aromatic heterocycles. The first-order valence-corrected chi connectivity index (χ1v) is 11.4. The monoisotopic (exact) mass is 439 g/mol. The highest BCUT2D eigenvalue weighted by molar-refractivity contribution is 6.62. The predicted octanol–water partition coefficient (Wildman–Crippen LogP) is 4.45. The van der Waals surface area contributed by atoms with Crippen LogP contribution in [-0.2, 0) is 14.0 Å². The van der Waals surface area contributed by atoms with E-state index in [1.165, 1.54) is 0 Å². The van der Waals surface area contributed by atoms with E-state index in [4.69, 9.17) is 14.0 Å². The Balaban J connectivity index is 1.53. The Bertz CT molecular complexity index is 979. The summed E-state index contributed by atoms with van der Waals surface area (Å²) in [7, 11) is -0.417. The number of imidazole rings is 1. The third kappa shape index (κ3) is 4.43. The van der Waals surface area contributed by atoms with Crippen molar-refractivity contribution in [1.82, 2.24) is 14.9 Å². The van der Waals surface area contributed by atoms with Crippen molar-refractivity contribution < 1.29 is 18.8 Å². The Morgan fingerprint density at radius 2 is 1.91 bits per heavy atom. The molecule has 1 amide bonds. The van der Waals surface area contributed by atoms with Crippen LogP contribution in [0, 0.1) is 0 Å². The van der Waals surface area contributed by atoms with Crippen LogP contribution in [0.3, 0.4) is 0 Å².